The molecule has 0 aliphatic heterocycles. The van der Waals surface area contributed by atoms with E-state index in [2.05, 4.69) is 14.5 Å². The molecule has 0 saturated heterocycles. The molecule has 0 fully saturated rings. The molecule has 2 aromatic rings. The Morgan fingerprint density at radius 2 is 1.78 bits per heavy atom. The van der Waals surface area contributed by atoms with Crippen LogP contribution < -0.4 is 22.7 Å². The van der Waals surface area contributed by atoms with Crippen molar-refractivity contribution in [1.29, 1.82) is 0 Å². The van der Waals surface area contributed by atoms with E-state index in [1.807, 2.05) is 19.4 Å². The van der Waals surface area contributed by atoms with Crippen molar-refractivity contribution < 1.29 is 42.7 Å². The zero-order valence-electron chi connectivity index (χ0n) is 14.4. The number of aliphatic hydroxyl groups is 1. The zero-order chi connectivity index (χ0) is 20.3. The molecule has 0 aliphatic carbocycles. The Morgan fingerprint density at radius 3 is 2.22 bits per heavy atom. The molecular weight excluding hydrogens is 408 g/mol. The third-order valence-corrected chi connectivity index (χ3v) is 4.00. The third-order valence-electron chi connectivity index (χ3n) is 2.85. The quantitative estimate of drug-likeness (QED) is 0.220. The summed E-state index contributed by atoms with van der Waals surface area (Å²) >= 11 is 1.65. The van der Waals surface area contributed by atoms with E-state index in [1.54, 1.807) is 17.5 Å². The van der Waals surface area contributed by atoms with Gasteiger partial charge in [0.15, 0.2) is 12.2 Å². The molecule has 0 unspecified atom stereocenters. The van der Waals surface area contributed by atoms with Crippen LogP contribution in [-0.4, -0.2) is 42.3 Å². The zero-order valence-corrected chi connectivity index (χ0v) is 15.9. The molecule has 0 spiro atoms. The number of aryl methyl sites for hydroxylation is 1. The average Bonchev–Trinajstić information content (AvgIpc) is 2.82. The van der Waals surface area contributed by atoms with Gasteiger partial charge in [0.25, 0.3) is 10.2 Å². The van der Waals surface area contributed by atoms with Crippen molar-refractivity contribution in [2.45, 2.75) is 26.8 Å². The first-order valence-electron chi connectivity index (χ1n) is 6.90. The molecule has 0 aromatic carbocycles. The van der Waals surface area contributed by atoms with Gasteiger partial charge < -0.3 is 33.7 Å². The van der Waals surface area contributed by atoms with Crippen LogP contribution in [0.15, 0.2) is 11.7 Å². The lowest BCUT2D eigenvalue weighted by molar-refractivity contribution is -0.742. The normalized spacial score (nSPS) is 9.00. The van der Waals surface area contributed by atoms with E-state index < -0.39 is 10.2 Å². The Balaban J connectivity index is 0. The van der Waals surface area contributed by atoms with Gasteiger partial charge in [0.05, 0.1) is 10.4 Å². The summed E-state index contributed by atoms with van der Waals surface area (Å²) in [5.41, 5.74) is 10.0. The monoisotopic (exact) mass is 426 g/mol. The fraction of sp³-hybridized carbons (Fsp3) is 0.417. The fourth-order valence-electron chi connectivity index (χ4n) is 1.77. The third kappa shape index (κ3) is 11.4. The molecule has 2 rings (SSSR count). The fourth-order valence-corrected chi connectivity index (χ4v) is 2.75. The number of hydrogen-bond donors (Lipinski definition) is 4. The molecule has 5 N–H and O–H groups in total. The number of nitrogens with zero attached hydrogens (tertiary/aromatic N) is 5. The van der Waals surface area contributed by atoms with E-state index in [-0.39, 0.29) is 19.0 Å². The molecule has 15 heteroatoms. The summed E-state index contributed by atoms with van der Waals surface area (Å²) in [4.78, 5) is 26.2. The molecule has 13 nitrogen and oxygen atoms in total. The first-order valence-corrected chi connectivity index (χ1v) is 7.78. The maximum atomic E-state index is 8.98. The van der Waals surface area contributed by atoms with E-state index in [9.17, 15) is 0 Å². The molecular formula is C12H19ClN6O7S. The largest absolute Gasteiger partial charge is 1.00 e. The molecule has 0 saturated carbocycles. The second-order valence-electron chi connectivity index (χ2n) is 4.64. The highest BCUT2D eigenvalue weighted by Gasteiger charge is 2.16. The number of aromatic nitrogens is 3. The van der Waals surface area contributed by atoms with Crippen molar-refractivity contribution in [2.75, 3.05) is 12.3 Å². The van der Waals surface area contributed by atoms with Crippen LogP contribution in [0.25, 0.3) is 0 Å². The maximum Gasteiger partial charge on any atom is 0.291 e. The van der Waals surface area contributed by atoms with E-state index in [1.165, 1.54) is 4.88 Å². The Bertz CT molecular complexity index is 725. The molecule has 0 radical (unpaired) electrons. The molecule has 0 atom stereocenters. The molecule has 2 aromatic heterocycles. The van der Waals surface area contributed by atoms with Gasteiger partial charge in [0, 0.05) is 26.1 Å². The summed E-state index contributed by atoms with van der Waals surface area (Å²) in [6.45, 7) is 4.71. The van der Waals surface area contributed by atoms with Crippen LogP contribution >= 0.6 is 11.3 Å². The summed E-state index contributed by atoms with van der Waals surface area (Å²) < 4.78 is 2.11. The summed E-state index contributed by atoms with van der Waals surface area (Å²) in [6.07, 6.45) is 2.47. The number of thiazole rings is 1. The van der Waals surface area contributed by atoms with Crippen LogP contribution in [0.3, 0.4) is 0 Å². The number of halogens is 1. The van der Waals surface area contributed by atoms with Gasteiger partial charge in [-0.25, -0.2) is 9.97 Å². The van der Waals surface area contributed by atoms with E-state index in [0.29, 0.717) is 24.6 Å². The van der Waals surface area contributed by atoms with Crippen molar-refractivity contribution in [2.24, 2.45) is 0 Å². The first-order chi connectivity index (χ1) is 12.1. The Morgan fingerprint density at radius 1 is 1.26 bits per heavy atom. The van der Waals surface area contributed by atoms with E-state index in [0.717, 1.165) is 11.3 Å². The molecule has 27 heavy (non-hydrogen) atoms. The van der Waals surface area contributed by atoms with E-state index >= 15 is 0 Å². The lowest BCUT2D eigenvalue weighted by Gasteiger charge is -2.01. The molecule has 0 bridgehead atoms. The van der Waals surface area contributed by atoms with Crippen molar-refractivity contribution in [1.82, 2.24) is 9.97 Å². The van der Waals surface area contributed by atoms with Gasteiger partial charge in [-0.2, -0.15) is 4.57 Å². The standard InChI is InChI=1S/C12H17N4OS.ClH.2HNO3/c1-8-11(3-4-17)18-7-16(8)6-10-5-14-9(2)15-12(10)13;;2*2-1(3)4/h5,7,17H,3-4,6H2,1-2H3,(H2,13,14,15);1H;2*(H,2,3,4)/q+1;;;/p-1. The lowest BCUT2D eigenvalue weighted by Crippen LogP contribution is -3.00. The van der Waals surface area contributed by atoms with Crippen molar-refractivity contribution >= 4 is 17.2 Å². The van der Waals surface area contributed by atoms with Gasteiger partial charge in [0.1, 0.15) is 11.6 Å². The van der Waals surface area contributed by atoms with Gasteiger partial charge in [0.2, 0.25) is 5.51 Å². The summed E-state index contributed by atoms with van der Waals surface area (Å²) in [5.74, 6) is 1.22. The molecule has 2 heterocycles. The second-order valence-corrected chi connectivity index (χ2v) is 5.58. The molecule has 0 amide bonds. The summed E-state index contributed by atoms with van der Waals surface area (Å²) in [5, 5.41) is 36.3. The predicted molar refractivity (Wildman–Crippen MR) is 87.9 cm³/mol. The van der Waals surface area contributed by atoms with Crippen LogP contribution in [-0.2, 0) is 13.0 Å². The molecule has 0 aliphatic rings. The van der Waals surface area contributed by atoms with Gasteiger partial charge in [-0.3, -0.25) is 0 Å². The number of nitrogen functional groups attached to an aromatic ring is 1. The predicted octanol–water partition coefficient (Wildman–Crippen LogP) is -3.08. The van der Waals surface area contributed by atoms with Crippen LogP contribution in [0, 0.1) is 34.1 Å². The van der Waals surface area contributed by atoms with Gasteiger partial charge in [-0.1, -0.05) is 11.3 Å². The smallest absolute Gasteiger partial charge is 0.291 e. The number of aliphatic hydroxyl groups excluding tert-OH is 1. The van der Waals surface area contributed by atoms with Gasteiger partial charge in [-0.15, -0.1) is 20.2 Å². The average molecular weight is 427 g/mol. The minimum atomic E-state index is -1.50. The van der Waals surface area contributed by atoms with Crippen LogP contribution in [0.4, 0.5) is 5.82 Å². The van der Waals surface area contributed by atoms with E-state index in [4.69, 9.17) is 41.5 Å². The Hall–Kier alpha value is -2.84. The summed E-state index contributed by atoms with van der Waals surface area (Å²) in [6, 6.07) is 0. The lowest BCUT2D eigenvalue weighted by atomic mass is 10.2. The van der Waals surface area contributed by atoms with Crippen LogP contribution in [0.5, 0.6) is 0 Å². The summed E-state index contributed by atoms with van der Waals surface area (Å²) in [7, 11) is 0. The number of nitrogens with two attached hydrogens (primary N) is 1. The second kappa shape index (κ2) is 13.4. The highest BCUT2D eigenvalue weighted by Crippen LogP contribution is 2.13. The maximum absolute atomic E-state index is 8.98. The number of rotatable bonds is 4. The van der Waals surface area contributed by atoms with Crippen LogP contribution in [0.1, 0.15) is 22.0 Å². The van der Waals surface area contributed by atoms with Crippen LogP contribution in [0.2, 0.25) is 0 Å². The number of hydrogen-bond acceptors (Lipinski definition) is 9. The Kier molecular flexibility index (Phi) is 13.1. The van der Waals surface area contributed by atoms with Crippen molar-refractivity contribution in [3.05, 3.63) is 53.9 Å². The van der Waals surface area contributed by atoms with Crippen molar-refractivity contribution in [3.8, 4) is 0 Å². The van der Waals surface area contributed by atoms with Gasteiger partial charge in [-0.05, 0) is 6.92 Å². The minimum Gasteiger partial charge on any atom is -1.00 e. The minimum absolute atomic E-state index is 0. The number of anilines is 1. The molecule has 152 valence electrons. The highest BCUT2D eigenvalue weighted by molar-refractivity contribution is 7.09. The Labute approximate surface area is 163 Å². The highest BCUT2D eigenvalue weighted by atomic mass is 35.5. The van der Waals surface area contributed by atoms with Gasteiger partial charge >= 0.3 is 0 Å². The van der Waals surface area contributed by atoms with Crippen molar-refractivity contribution in [3.63, 3.8) is 0 Å². The SMILES string of the molecule is Cc1ncc(C[n+]2csc(CCO)c2C)c(N)n1.O=[N+]([O-])O.O=[N+]([O-])O.[Cl-]. The topological polar surface area (TPSA) is 203 Å². The first kappa shape index (κ1) is 26.4.